The molecule has 27 heavy (non-hydrogen) atoms. The van der Waals surface area contributed by atoms with Crippen LogP contribution >= 0.6 is 0 Å². The number of H-pyrrole nitrogens is 2. The van der Waals surface area contributed by atoms with Gasteiger partial charge >= 0.3 is 0 Å². The molecule has 0 unspecified atom stereocenters. The molecular formula is C22H22FN3O. The largest absolute Gasteiger partial charge is 0.361 e. The van der Waals surface area contributed by atoms with Crippen molar-refractivity contribution < 1.29 is 9.18 Å². The number of hydrogen-bond donors (Lipinski definition) is 3. The fourth-order valence-electron chi connectivity index (χ4n) is 3.58. The Balaban J connectivity index is 1.48. The summed E-state index contributed by atoms with van der Waals surface area (Å²) in [4.78, 5) is 18.9. The highest BCUT2D eigenvalue weighted by molar-refractivity contribution is 5.89. The second-order valence-electron chi connectivity index (χ2n) is 7.59. The molecule has 0 saturated heterocycles. The number of halogens is 1. The third-order valence-corrected chi connectivity index (χ3v) is 5.13. The van der Waals surface area contributed by atoms with Crippen molar-refractivity contribution in [3.8, 4) is 0 Å². The monoisotopic (exact) mass is 363 g/mol. The first-order valence-corrected chi connectivity index (χ1v) is 9.03. The van der Waals surface area contributed by atoms with E-state index in [1.807, 2.05) is 50.5 Å². The Labute approximate surface area is 156 Å². The summed E-state index contributed by atoms with van der Waals surface area (Å²) in [5.74, 6) is -0.290. The van der Waals surface area contributed by atoms with Crippen LogP contribution in [0, 0.1) is 5.82 Å². The van der Waals surface area contributed by atoms with Crippen LogP contribution in [0.1, 0.15) is 25.0 Å². The summed E-state index contributed by atoms with van der Waals surface area (Å²) in [5, 5.41) is 4.95. The van der Waals surface area contributed by atoms with Gasteiger partial charge < -0.3 is 15.3 Å². The predicted octanol–water partition coefficient (Wildman–Crippen LogP) is 4.42. The number of fused-ring (bicyclic) bond motifs is 2. The van der Waals surface area contributed by atoms with Crippen LogP contribution in [-0.4, -0.2) is 22.4 Å². The van der Waals surface area contributed by atoms with Gasteiger partial charge in [0.05, 0.1) is 6.42 Å². The Bertz CT molecular complexity index is 1120. The van der Waals surface area contributed by atoms with Crippen molar-refractivity contribution in [1.82, 2.24) is 15.3 Å². The number of nitrogens with one attached hydrogen (secondary N) is 3. The normalized spacial score (nSPS) is 12.0. The van der Waals surface area contributed by atoms with Gasteiger partial charge in [-0.2, -0.15) is 0 Å². The molecule has 4 rings (SSSR count). The Kier molecular flexibility index (Phi) is 4.22. The molecule has 0 saturated carbocycles. The second-order valence-corrected chi connectivity index (χ2v) is 7.59. The lowest BCUT2D eigenvalue weighted by atomic mass is 9.84. The smallest absolute Gasteiger partial charge is 0.224 e. The van der Waals surface area contributed by atoms with Crippen molar-refractivity contribution >= 4 is 27.7 Å². The molecule has 0 atom stereocenters. The van der Waals surface area contributed by atoms with Crippen LogP contribution in [-0.2, 0) is 16.6 Å². The van der Waals surface area contributed by atoms with Crippen LogP contribution in [0.15, 0.2) is 54.9 Å². The van der Waals surface area contributed by atoms with Crippen LogP contribution in [0.4, 0.5) is 4.39 Å². The van der Waals surface area contributed by atoms with Gasteiger partial charge in [-0.25, -0.2) is 4.39 Å². The summed E-state index contributed by atoms with van der Waals surface area (Å²) in [6, 6.07) is 12.7. The van der Waals surface area contributed by atoms with Gasteiger partial charge in [0.1, 0.15) is 5.82 Å². The lowest BCUT2D eigenvalue weighted by Crippen LogP contribution is -2.37. The third kappa shape index (κ3) is 3.33. The molecule has 2 heterocycles. The number of para-hydroxylation sites is 1. The molecule has 0 spiro atoms. The molecule has 2 aromatic heterocycles. The predicted molar refractivity (Wildman–Crippen MR) is 106 cm³/mol. The van der Waals surface area contributed by atoms with E-state index in [-0.39, 0.29) is 17.1 Å². The average molecular weight is 363 g/mol. The first-order valence-electron chi connectivity index (χ1n) is 9.03. The fourth-order valence-corrected chi connectivity index (χ4v) is 3.58. The van der Waals surface area contributed by atoms with E-state index in [0.29, 0.717) is 13.0 Å². The van der Waals surface area contributed by atoms with E-state index in [2.05, 4.69) is 15.3 Å². The molecule has 4 nitrogen and oxygen atoms in total. The Morgan fingerprint density at radius 2 is 1.78 bits per heavy atom. The van der Waals surface area contributed by atoms with Crippen molar-refractivity contribution in [3.05, 3.63) is 71.8 Å². The molecule has 0 aliphatic heterocycles. The van der Waals surface area contributed by atoms with Gasteiger partial charge in [-0.05, 0) is 35.4 Å². The van der Waals surface area contributed by atoms with E-state index in [1.165, 1.54) is 12.1 Å². The quantitative estimate of drug-likeness (QED) is 0.483. The molecule has 0 aliphatic carbocycles. The second kappa shape index (κ2) is 6.58. The van der Waals surface area contributed by atoms with Crippen molar-refractivity contribution in [2.75, 3.05) is 6.54 Å². The van der Waals surface area contributed by atoms with Gasteiger partial charge in [0, 0.05) is 46.2 Å². The van der Waals surface area contributed by atoms with Crippen molar-refractivity contribution in [2.45, 2.75) is 25.7 Å². The minimum Gasteiger partial charge on any atom is -0.361 e. The molecule has 1 amide bonds. The Morgan fingerprint density at radius 1 is 1.04 bits per heavy atom. The lowest BCUT2D eigenvalue weighted by Gasteiger charge is -2.25. The topological polar surface area (TPSA) is 60.7 Å². The van der Waals surface area contributed by atoms with Gasteiger partial charge in [0.25, 0.3) is 0 Å². The van der Waals surface area contributed by atoms with Gasteiger partial charge in [0.2, 0.25) is 5.91 Å². The molecule has 0 aliphatic rings. The molecule has 5 heteroatoms. The van der Waals surface area contributed by atoms with Crippen LogP contribution < -0.4 is 5.32 Å². The fraction of sp³-hybridized carbons (Fsp3) is 0.227. The minimum atomic E-state index is -0.331. The number of aromatic nitrogens is 2. The molecule has 0 radical (unpaired) electrons. The third-order valence-electron chi connectivity index (χ3n) is 5.13. The van der Waals surface area contributed by atoms with Gasteiger partial charge in [-0.1, -0.05) is 32.0 Å². The summed E-state index contributed by atoms with van der Waals surface area (Å²) in [6.45, 7) is 4.57. The zero-order valence-corrected chi connectivity index (χ0v) is 15.4. The molecule has 4 aromatic rings. The van der Waals surface area contributed by atoms with E-state index in [0.717, 1.165) is 32.9 Å². The lowest BCUT2D eigenvalue weighted by molar-refractivity contribution is -0.120. The van der Waals surface area contributed by atoms with Gasteiger partial charge in [0.15, 0.2) is 0 Å². The number of benzene rings is 2. The van der Waals surface area contributed by atoms with E-state index in [9.17, 15) is 9.18 Å². The summed E-state index contributed by atoms with van der Waals surface area (Å²) in [6.07, 6.45) is 4.11. The highest BCUT2D eigenvalue weighted by Crippen LogP contribution is 2.30. The standard InChI is InChI=1S/C22H22FN3O/c1-22(2,18-12-25-20-8-7-15(23)10-17(18)20)13-26-21(27)9-14-11-24-19-6-4-3-5-16(14)19/h3-8,10-12,24-25H,9,13H2,1-2H3,(H,26,27). The zero-order chi connectivity index (χ0) is 19.0. The average Bonchev–Trinajstić information content (AvgIpc) is 3.25. The SMILES string of the molecule is CC(C)(CNC(=O)Cc1c[nH]c2ccccc12)c1c[nH]c2ccc(F)cc12. The molecule has 138 valence electrons. The molecule has 3 N–H and O–H groups in total. The Hall–Kier alpha value is -3.08. The van der Waals surface area contributed by atoms with Gasteiger partial charge in [-0.3, -0.25) is 4.79 Å². The highest BCUT2D eigenvalue weighted by atomic mass is 19.1. The maximum Gasteiger partial charge on any atom is 0.224 e. The van der Waals surface area contributed by atoms with Crippen LogP contribution in [0.3, 0.4) is 0 Å². The van der Waals surface area contributed by atoms with Crippen LogP contribution in [0.25, 0.3) is 21.8 Å². The number of aromatic amines is 2. The van der Waals surface area contributed by atoms with Crippen molar-refractivity contribution in [1.29, 1.82) is 0 Å². The minimum absolute atomic E-state index is 0.0288. The van der Waals surface area contributed by atoms with E-state index in [4.69, 9.17) is 0 Å². The van der Waals surface area contributed by atoms with Crippen LogP contribution in [0.5, 0.6) is 0 Å². The van der Waals surface area contributed by atoms with Gasteiger partial charge in [-0.15, -0.1) is 0 Å². The van der Waals surface area contributed by atoms with Crippen molar-refractivity contribution in [2.24, 2.45) is 0 Å². The maximum absolute atomic E-state index is 13.6. The number of carbonyl (C=O) groups excluding carboxylic acids is 1. The number of amides is 1. The van der Waals surface area contributed by atoms with E-state index in [1.54, 1.807) is 6.07 Å². The first kappa shape index (κ1) is 17.3. The molecular weight excluding hydrogens is 341 g/mol. The summed E-state index contributed by atoms with van der Waals surface area (Å²) >= 11 is 0. The number of rotatable bonds is 5. The molecule has 2 aromatic carbocycles. The molecule has 0 bridgehead atoms. The number of hydrogen-bond acceptors (Lipinski definition) is 1. The Morgan fingerprint density at radius 3 is 2.63 bits per heavy atom. The summed E-state index contributed by atoms with van der Waals surface area (Å²) in [5.41, 5.74) is 3.56. The van der Waals surface area contributed by atoms with Crippen LogP contribution in [0.2, 0.25) is 0 Å². The maximum atomic E-state index is 13.6. The summed E-state index contributed by atoms with van der Waals surface area (Å²) in [7, 11) is 0. The van der Waals surface area contributed by atoms with E-state index < -0.39 is 0 Å². The zero-order valence-electron chi connectivity index (χ0n) is 15.4. The summed E-state index contributed by atoms with van der Waals surface area (Å²) < 4.78 is 13.6. The molecule has 0 fully saturated rings. The first-order chi connectivity index (χ1) is 12.9. The van der Waals surface area contributed by atoms with E-state index >= 15 is 0 Å². The number of carbonyl (C=O) groups is 1. The highest BCUT2D eigenvalue weighted by Gasteiger charge is 2.25. The van der Waals surface area contributed by atoms with Crippen molar-refractivity contribution in [3.63, 3.8) is 0 Å².